The molecule has 3 aromatic rings. The van der Waals surface area contributed by atoms with Crippen LogP contribution in [0, 0.1) is 5.92 Å². The summed E-state index contributed by atoms with van der Waals surface area (Å²) in [4.78, 5) is 16.7. The second-order valence-corrected chi connectivity index (χ2v) is 6.42. The molecule has 1 saturated heterocycles. The van der Waals surface area contributed by atoms with E-state index < -0.39 is 0 Å². The van der Waals surface area contributed by atoms with Crippen LogP contribution in [-0.2, 0) is 0 Å². The van der Waals surface area contributed by atoms with E-state index in [1.807, 2.05) is 36.4 Å². The molecule has 3 heterocycles. The average Bonchev–Trinajstić information content (AvgIpc) is 3.11. The van der Waals surface area contributed by atoms with Crippen LogP contribution in [0.5, 0.6) is 0 Å². The lowest BCUT2D eigenvalue weighted by Gasteiger charge is -2.22. The van der Waals surface area contributed by atoms with Crippen molar-refractivity contribution in [3.63, 3.8) is 0 Å². The fourth-order valence-electron chi connectivity index (χ4n) is 3.24. The number of aromatic nitrogens is 3. The lowest BCUT2D eigenvalue weighted by molar-refractivity contribution is 0.0944. The van der Waals surface area contributed by atoms with Gasteiger partial charge in [-0.15, -0.1) is 0 Å². The number of amides is 1. The van der Waals surface area contributed by atoms with Crippen LogP contribution >= 0.6 is 0 Å². The number of benzene rings is 1. The van der Waals surface area contributed by atoms with Gasteiger partial charge in [0.2, 0.25) is 0 Å². The number of fused-ring (bicyclic) bond motifs is 1. The van der Waals surface area contributed by atoms with Crippen molar-refractivity contribution in [3.05, 3.63) is 54.4 Å². The van der Waals surface area contributed by atoms with Crippen molar-refractivity contribution in [1.82, 2.24) is 25.2 Å². The zero-order valence-corrected chi connectivity index (χ0v) is 14.0. The molecule has 1 fully saturated rings. The Morgan fingerprint density at radius 3 is 2.80 bits per heavy atom. The van der Waals surface area contributed by atoms with Crippen molar-refractivity contribution in [2.45, 2.75) is 12.8 Å². The van der Waals surface area contributed by atoms with Crippen molar-refractivity contribution in [2.24, 2.45) is 5.92 Å². The Bertz CT molecular complexity index is 865. The molecule has 2 N–H and O–H groups in total. The maximum Gasteiger partial charge on any atom is 0.251 e. The third-order valence-corrected chi connectivity index (χ3v) is 4.73. The number of carbonyl (C=O) groups excluding carboxylic acids is 1. The van der Waals surface area contributed by atoms with Crippen LogP contribution in [0.4, 0.5) is 0 Å². The Hall–Kier alpha value is -2.73. The molecule has 1 aliphatic rings. The summed E-state index contributed by atoms with van der Waals surface area (Å²) in [5.41, 5.74) is 3.39. The van der Waals surface area contributed by atoms with E-state index in [1.165, 1.54) is 0 Å². The molecule has 2 aromatic heterocycles. The highest BCUT2D eigenvalue weighted by Gasteiger charge is 2.15. The normalized spacial score (nSPS) is 15.4. The predicted octanol–water partition coefficient (Wildman–Crippen LogP) is 2.13. The fraction of sp³-hybridized carbons (Fsp3) is 0.316. The lowest BCUT2D eigenvalue weighted by atomic mass is 9.98. The second kappa shape index (κ2) is 7.03. The molecule has 25 heavy (non-hydrogen) atoms. The monoisotopic (exact) mass is 335 g/mol. The van der Waals surface area contributed by atoms with Crippen LogP contribution in [0.15, 0.2) is 48.8 Å². The Morgan fingerprint density at radius 1 is 1.20 bits per heavy atom. The van der Waals surface area contributed by atoms with Gasteiger partial charge >= 0.3 is 0 Å². The molecule has 0 aliphatic carbocycles. The molecule has 6 heteroatoms. The quantitative estimate of drug-likeness (QED) is 0.766. The summed E-state index contributed by atoms with van der Waals surface area (Å²) in [6, 6.07) is 11.4. The van der Waals surface area contributed by atoms with Gasteiger partial charge in [-0.25, -0.2) is 9.50 Å². The molecule has 0 radical (unpaired) electrons. The van der Waals surface area contributed by atoms with Gasteiger partial charge in [0, 0.05) is 23.9 Å². The van der Waals surface area contributed by atoms with Gasteiger partial charge < -0.3 is 10.6 Å². The molecule has 0 bridgehead atoms. The second-order valence-electron chi connectivity index (χ2n) is 6.42. The fourth-order valence-corrected chi connectivity index (χ4v) is 3.24. The maximum absolute atomic E-state index is 12.3. The number of carbonyl (C=O) groups is 1. The molecule has 128 valence electrons. The van der Waals surface area contributed by atoms with Gasteiger partial charge in [-0.05, 0) is 56.1 Å². The minimum absolute atomic E-state index is 0.0126. The highest BCUT2D eigenvalue weighted by atomic mass is 16.1. The molecule has 0 unspecified atom stereocenters. The van der Waals surface area contributed by atoms with Crippen LogP contribution in [0.25, 0.3) is 16.9 Å². The summed E-state index contributed by atoms with van der Waals surface area (Å²) in [5.74, 6) is 0.565. The van der Waals surface area contributed by atoms with Gasteiger partial charge in [0.1, 0.15) is 0 Å². The first-order valence-electron chi connectivity index (χ1n) is 8.69. The first-order valence-corrected chi connectivity index (χ1v) is 8.69. The molecule has 0 atom stereocenters. The number of hydrogen-bond donors (Lipinski definition) is 2. The van der Waals surface area contributed by atoms with Crippen molar-refractivity contribution in [2.75, 3.05) is 19.6 Å². The van der Waals surface area contributed by atoms with E-state index in [4.69, 9.17) is 0 Å². The Morgan fingerprint density at radius 2 is 2.00 bits per heavy atom. The largest absolute Gasteiger partial charge is 0.352 e. The van der Waals surface area contributed by atoms with E-state index in [0.29, 0.717) is 11.5 Å². The Labute approximate surface area is 146 Å². The van der Waals surface area contributed by atoms with E-state index in [-0.39, 0.29) is 5.91 Å². The predicted molar refractivity (Wildman–Crippen MR) is 96.3 cm³/mol. The molecule has 6 nitrogen and oxygen atoms in total. The first kappa shape index (κ1) is 15.8. The van der Waals surface area contributed by atoms with Gasteiger partial charge in [-0.1, -0.05) is 12.1 Å². The SMILES string of the molecule is O=C(NCC1CCNCC1)c1ccc(-c2cnc3cccnn23)cc1. The summed E-state index contributed by atoms with van der Waals surface area (Å²) in [7, 11) is 0. The zero-order valence-electron chi connectivity index (χ0n) is 14.0. The molecule has 1 amide bonds. The molecule has 0 spiro atoms. The van der Waals surface area contributed by atoms with Crippen molar-refractivity contribution in [3.8, 4) is 11.3 Å². The lowest BCUT2D eigenvalue weighted by Crippen LogP contribution is -2.35. The molecule has 1 aliphatic heterocycles. The van der Waals surface area contributed by atoms with E-state index in [0.717, 1.165) is 49.4 Å². The Kier molecular flexibility index (Phi) is 4.43. The van der Waals surface area contributed by atoms with E-state index in [2.05, 4.69) is 20.7 Å². The van der Waals surface area contributed by atoms with Crippen molar-refractivity contribution >= 4 is 11.6 Å². The number of imidazole rings is 1. The number of rotatable bonds is 4. The standard InChI is InChI=1S/C19H21N5O/c25-19(22-12-14-7-10-20-11-8-14)16-5-3-15(4-6-16)17-13-21-18-2-1-9-23-24(17)18/h1-6,9,13-14,20H,7-8,10-12H2,(H,22,25). The van der Waals surface area contributed by atoms with E-state index >= 15 is 0 Å². The molecule has 4 rings (SSSR count). The summed E-state index contributed by atoms with van der Waals surface area (Å²) >= 11 is 0. The number of nitrogens with zero attached hydrogens (tertiary/aromatic N) is 3. The van der Waals surface area contributed by atoms with Crippen LogP contribution < -0.4 is 10.6 Å². The van der Waals surface area contributed by atoms with Crippen LogP contribution in [-0.4, -0.2) is 40.1 Å². The van der Waals surface area contributed by atoms with E-state index in [9.17, 15) is 4.79 Å². The Balaban J connectivity index is 1.45. The average molecular weight is 335 g/mol. The van der Waals surface area contributed by atoms with Gasteiger partial charge in [0.15, 0.2) is 5.65 Å². The smallest absolute Gasteiger partial charge is 0.251 e. The molecule has 1 aromatic carbocycles. The van der Waals surface area contributed by atoms with Crippen LogP contribution in [0.3, 0.4) is 0 Å². The van der Waals surface area contributed by atoms with Crippen LogP contribution in [0.2, 0.25) is 0 Å². The summed E-state index contributed by atoms with van der Waals surface area (Å²) < 4.78 is 1.80. The first-order chi connectivity index (χ1) is 12.3. The third-order valence-electron chi connectivity index (χ3n) is 4.73. The summed E-state index contributed by atoms with van der Waals surface area (Å²) in [6.45, 7) is 2.84. The van der Waals surface area contributed by atoms with Crippen LogP contribution in [0.1, 0.15) is 23.2 Å². The minimum atomic E-state index is -0.0126. The molecular weight excluding hydrogens is 314 g/mol. The van der Waals surface area contributed by atoms with Crippen molar-refractivity contribution in [1.29, 1.82) is 0 Å². The minimum Gasteiger partial charge on any atom is -0.352 e. The van der Waals surface area contributed by atoms with Crippen molar-refractivity contribution < 1.29 is 4.79 Å². The number of hydrogen-bond acceptors (Lipinski definition) is 4. The van der Waals surface area contributed by atoms with Gasteiger partial charge in [-0.3, -0.25) is 4.79 Å². The molecular formula is C19H21N5O. The van der Waals surface area contributed by atoms with Gasteiger partial charge in [0.05, 0.1) is 11.9 Å². The number of nitrogens with one attached hydrogen (secondary N) is 2. The maximum atomic E-state index is 12.3. The number of piperidine rings is 1. The summed E-state index contributed by atoms with van der Waals surface area (Å²) in [5, 5.41) is 10.7. The van der Waals surface area contributed by atoms with E-state index in [1.54, 1.807) is 16.9 Å². The third kappa shape index (κ3) is 3.39. The highest BCUT2D eigenvalue weighted by Crippen LogP contribution is 2.20. The van der Waals surface area contributed by atoms with Gasteiger partial charge in [0.25, 0.3) is 5.91 Å². The molecule has 0 saturated carbocycles. The summed E-state index contributed by atoms with van der Waals surface area (Å²) in [6.07, 6.45) is 5.79. The highest BCUT2D eigenvalue weighted by molar-refractivity contribution is 5.94. The van der Waals surface area contributed by atoms with Gasteiger partial charge in [-0.2, -0.15) is 5.10 Å². The topological polar surface area (TPSA) is 71.3 Å². The zero-order chi connectivity index (χ0) is 17.1.